The monoisotopic (exact) mass is 1530 g/mol. The van der Waals surface area contributed by atoms with Crippen molar-refractivity contribution in [2.75, 3.05) is 75.3 Å². The van der Waals surface area contributed by atoms with Gasteiger partial charge in [0.05, 0.1) is 24.8 Å². The van der Waals surface area contributed by atoms with Crippen molar-refractivity contribution in [2.24, 2.45) is 11.8 Å². The summed E-state index contributed by atoms with van der Waals surface area (Å²) in [6.07, 6.45) is 16.6. The van der Waals surface area contributed by atoms with Gasteiger partial charge in [-0.1, -0.05) is 57.3 Å². The van der Waals surface area contributed by atoms with Gasteiger partial charge in [0.2, 0.25) is 23.7 Å². The number of alkyl halides is 2. The third-order valence-corrected chi connectivity index (χ3v) is 14.3. The zero-order valence-corrected chi connectivity index (χ0v) is 60.8. The van der Waals surface area contributed by atoms with Crippen LogP contribution in [0.2, 0.25) is 5.15 Å². The molecule has 34 nitrogen and oxygen atoms in total. The Labute approximate surface area is 592 Å². The number of carbonyl (C=O) groups is 4. The molecule has 92 heavy (non-hydrogen) atoms. The molecule has 0 bridgehead atoms. The summed E-state index contributed by atoms with van der Waals surface area (Å²) >= 11 is 25.8. The molecule has 1 unspecified atom stereocenters. The molecule has 2 saturated heterocycles. The van der Waals surface area contributed by atoms with Gasteiger partial charge in [0.25, 0.3) is 22.9 Å². The van der Waals surface area contributed by atoms with E-state index >= 15 is 0 Å². The number of carbonyl (C=O) groups excluding carboxylic acids is 4. The number of nitrogens with zero attached hydrogens (tertiary/aromatic N) is 20. The van der Waals surface area contributed by atoms with E-state index in [1.165, 1.54) is 72.1 Å². The molecule has 2 aliphatic heterocycles. The van der Waals surface area contributed by atoms with Gasteiger partial charge in [-0.2, -0.15) is 66.5 Å². The molecule has 43 heteroatoms. The van der Waals surface area contributed by atoms with E-state index in [9.17, 15) is 28.5 Å². The molecular weight excluding hydrogens is 1470 g/mol. The molecule has 0 saturated carbocycles. The van der Waals surface area contributed by atoms with Crippen LogP contribution < -0.4 is 61.5 Å². The number of amides is 2. The van der Waals surface area contributed by atoms with Crippen LogP contribution >= 0.6 is 94.8 Å². The first kappa shape index (κ1) is 85.5. The number of nitrogen functional groups attached to an aromatic ring is 1. The topological polar surface area (TPSA) is 457 Å². The van der Waals surface area contributed by atoms with E-state index in [2.05, 4.69) is 175 Å². The van der Waals surface area contributed by atoms with E-state index in [0.717, 1.165) is 38.9 Å². The Morgan fingerprint density at radius 1 is 0.859 bits per heavy atom. The number of hydrogen-bond donors (Lipinski definition) is 6. The summed E-state index contributed by atoms with van der Waals surface area (Å²) in [5, 5.41) is 51.9. The zero-order valence-electron chi connectivity index (χ0n) is 50.9. The van der Waals surface area contributed by atoms with Crippen molar-refractivity contribution in [3.8, 4) is 12.1 Å². The molecule has 0 spiro atoms. The summed E-state index contributed by atoms with van der Waals surface area (Å²) in [7, 11) is 4.66. The number of aromatic nitrogens is 18. The average molecular weight is 1540 g/mol. The Hall–Kier alpha value is -6.51. The molecule has 0 radical (unpaired) electrons. The van der Waals surface area contributed by atoms with Gasteiger partial charge in [-0.3, -0.25) is 33.6 Å². The molecule has 0 aliphatic carbocycles. The van der Waals surface area contributed by atoms with Crippen LogP contribution in [0.1, 0.15) is 53.4 Å². The number of rotatable bonds is 11. The van der Waals surface area contributed by atoms with Crippen molar-refractivity contribution >= 4 is 153 Å². The Morgan fingerprint density at radius 2 is 1.40 bits per heavy atom. The molecule has 8 aromatic rings. The smallest absolute Gasteiger partial charge is 0.857 e. The third kappa shape index (κ3) is 32.4. The molecule has 2 fully saturated rings. The minimum Gasteiger partial charge on any atom is -0.857 e. The number of esters is 1. The van der Waals surface area contributed by atoms with E-state index in [4.69, 9.17) is 33.0 Å². The normalized spacial score (nSPS) is 15.4. The number of nitriles is 2. The van der Waals surface area contributed by atoms with Crippen molar-refractivity contribution in [3.63, 3.8) is 0 Å². The number of fused-ring (bicyclic) bond motifs is 3. The quantitative estimate of drug-likeness (QED) is 0.0269. The second kappa shape index (κ2) is 47.4. The summed E-state index contributed by atoms with van der Waals surface area (Å²) in [5.41, 5.74) is 4.90. The molecular formula is C49H67Br2Cl5N26NaO8P. The fourth-order valence-electron chi connectivity index (χ4n) is 7.46. The number of halogens is 7. The third-order valence-electron chi connectivity index (χ3n) is 11.8. The van der Waals surface area contributed by atoms with Crippen LogP contribution in [0.3, 0.4) is 0 Å². The first-order valence-corrected chi connectivity index (χ1v) is 33.2. The number of ketones is 1. The number of nitrogens with two attached hydrogens (primary N) is 1. The summed E-state index contributed by atoms with van der Waals surface area (Å²) in [5.74, 6) is 3.89. The molecule has 10 heterocycles. The molecule has 2 amide bonds. The first-order valence-electron chi connectivity index (χ1n) is 26.3. The fraction of sp³-hybridized carbons (Fsp3) is 0.449. The molecule has 496 valence electrons. The molecule has 10 rings (SSSR count). The van der Waals surface area contributed by atoms with Gasteiger partial charge in [-0.25, -0.2) is 35.1 Å². The number of nitrogens with one attached hydrogen (secondary N) is 5. The Balaban J connectivity index is 0.00000106. The van der Waals surface area contributed by atoms with Crippen molar-refractivity contribution in [1.82, 2.24) is 104 Å². The van der Waals surface area contributed by atoms with E-state index in [0.29, 0.717) is 77.3 Å². The predicted molar refractivity (Wildman–Crippen MR) is 349 cm³/mol. The maximum absolute atomic E-state index is 12.0. The van der Waals surface area contributed by atoms with Gasteiger partial charge in [0.1, 0.15) is 60.3 Å². The van der Waals surface area contributed by atoms with Crippen LogP contribution in [0, 0.1) is 34.5 Å². The number of likely N-dealkylation sites (tertiary alicyclic amines) is 2. The van der Waals surface area contributed by atoms with E-state index in [-0.39, 0.29) is 94.8 Å². The van der Waals surface area contributed by atoms with Crippen molar-refractivity contribution < 1.29 is 63.1 Å². The van der Waals surface area contributed by atoms with Gasteiger partial charge in [-0.05, 0) is 97.5 Å². The van der Waals surface area contributed by atoms with Gasteiger partial charge in [-0.15, -0.1) is 12.4 Å². The second-order valence-corrected chi connectivity index (χ2v) is 26.6. The van der Waals surface area contributed by atoms with Crippen LogP contribution in [0.15, 0.2) is 85.5 Å². The molecule has 5 atom stereocenters. The maximum atomic E-state index is 12.0. The summed E-state index contributed by atoms with van der Waals surface area (Å²) in [4.78, 5) is 91.8. The predicted octanol–water partition coefficient (Wildman–Crippen LogP) is 1.89. The van der Waals surface area contributed by atoms with Crippen LogP contribution in [0.5, 0.6) is 0 Å². The van der Waals surface area contributed by atoms with Gasteiger partial charge in [0, 0.05) is 75.5 Å². The molecule has 0 aromatic carbocycles. The second-order valence-electron chi connectivity index (χ2n) is 17.8. The standard InChI is InChI=1S/C15H19N7O.C10H17N3O.C6H8N4O.C5H8Br2O2.C5H3ClN4.C5H4N4O.C2H4N4.CH3O.Cl3OP.ClH.Na/c1-11-5-8-21(14(23)3-6-16)9-12(11)20(2)13-4-7-17-15-18-10-19-22(13)15;1-8-4-6-13(7-9(8)12-2)10(14)3-5-11;1-5(11)2-3-7-6-8-4-9-10-6;1-2-9-5(8)4(7)3-6;6-4-1-2-7-5-8-3-9-10(4)5;10-4-1-2-6-5-7-3-8-9(4)5;3-2-4-1-5-6-2;1-2;1-5(2,3)4;;/h4,7,10-12H,3,5,8-9H2,1-2H3;8-9,12H,3-4,6-7H2,1-2H3;2-4H,1H3,(H2,7,8,9,10);4H,2-3H2,1H3;1-3H;1-3H,(H,6,7,8);1H,(H3,3,4,5,6);1H3;;1H;/q;;;;;;;-1;;;+1/b;;3-2-;;;;;;;;/t11-,12+;8-,9+;;;;;;;;;/m11........./s1. The molecule has 7 N–H and O–H groups in total. The van der Waals surface area contributed by atoms with Crippen LogP contribution in [0.4, 0.5) is 17.7 Å². The summed E-state index contributed by atoms with van der Waals surface area (Å²) in [6.45, 7) is 10.9. The van der Waals surface area contributed by atoms with Crippen molar-refractivity contribution in [3.05, 3.63) is 96.2 Å². The van der Waals surface area contributed by atoms with E-state index in [1.807, 2.05) is 32.3 Å². The van der Waals surface area contributed by atoms with E-state index < -0.39 is 5.20 Å². The molecule has 2 aliphatic rings. The Kier molecular flexibility index (Phi) is 44.0. The van der Waals surface area contributed by atoms with Crippen molar-refractivity contribution in [2.45, 2.75) is 70.3 Å². The number of piperidine rings is 2. The fourth-order valence-corrected chi connectivity index (χ4v) is 8.03. The SMILES string of the molecule is CC(=O)/C=C\Nc1ncn[nH]1.CCOC(=O)C(Br)CBr.CN[C@H]1CN(C(=O)CC#N)CC[C@H]1C.C[C@@H]1CCN(C(=O)CC#N)C[C@@H]1N(C)c1ccnc2ncnn12.C[O-].Cl.Clc1ccnc2ncnn12.Nc1ncn[nH]1.O=P(Cl)(Cl)Cl.O=c1ccnc2nc[nH]n12.[Na+]. The van der Waals surface area contributed by atoms with Gasteiger partial charge in [0.15, 0.2) is 5.78 Å². The zero-order chi connectivity index (χ0) is 67.2. The minimum atomic E-state index is -3.22. The number of hydrogen-bond acceptors (Lipinski definition) is 26. The number of aromatic amines is 3. The maximum Gasteiger partial charge on any atom is 1.00 e. The number of allylic oxidation sites excluding steroid dienone is 1. The Bertz CT molecular complexity index is 3610. The summed E-state index contributed by atoms with van der Waals surface area (Å²) < 4.78 is 18.6. The van der Waals surface area contributed by atoms with E-state index in [1.54, 1.807) is 39.7 Å². The van der Waals surface area contributed by atoms with Crippen LogP contribution in [0.25, 0.3) is 17.3 Å². The van der Waals surface area contributed by atoms with Crippen LogP contribution in [-0.2, 0) is 28.5 Å². The molecule has 8 aromatic heterocycles. The largest absolute Gasteiger partial charge is 1.00 e. The minimum absolute atomic E-state index is 0. The number of anilines is 3. The number of likely N-dealkylation sites (N-methyl/N-ethyl adjacent to an activating group) is 2. The van der Waals surface area contributed by atoms with Crippen LogP contribution in [-0.4, -0.2) is 199 Å². The van der Waals surface area contributed by atoms with Gasteiger partial charge < -0.3 is 40.9 Å². The number of H-pyrrole nitrogens is 3. The number of ether oxygens (including phenoxy) is 1. The first-order chi connectivity index (χ1) is 43.0. The van der Waals surface area contributed by atoms with Crippen molar-refractivity contribution in [1.29, 1.82) is 10.5 Å². The van der Waals surface area contributed by atoms with Gasteiger partial charge >= 0.3 is 40.7 Å². The Morgan fingerprint density at radius 3 is 1.90 bits per heavy atom. The average Bonchev–Trinajstić information content (AvgIpc) is 1.42. The summed E-state index contributed by atoms with van der Waals surface area (Å²) in [6, 6.07) is 9.27.